The van der Waals surface area contributed by atoms with Crippen molar-refractivity contribution in [2.24, 2.45) is 0 Å². The number of benzene rings is 1. The number of rotatable bonds is 7. The highest BCUT2D eigenvalue weighted by molar-refractivity contribution is 8.00. The summed E-state index contributed by atoms with van der Waals surface area (Å²) in [6, 6.07) is 6.75. The lowest BCUT2D eigenvalue weighted by Crippen LogP contribution is -2.43. The van der Waals surface area contributed by atoms with Crippen LogP contribution in [0.25, 0.3) is 16.0 Å². The van der Waals surface area contributed by atoms with Crippen LogP contribution in [0.1, 0.15) is 20.3 Å². The second-order valence-corrected chi connectivity index (χ2v) is 8.45. The third-order valence-electron chi connectivity index (χ3n) is 4.49. The van der Waals surface area contributed by atoms with Crippen LogP contribution in [0.2, 0.25) is 0 Å². The predicted molar refractivity (Wildman–Crippen MR) is 116 cm³/mol. The fraction of sp³-hybridized carbons (Fsp3) is 0.368. The van der Waals surface area contributed by atoms with Crippen LogP contribution in [-0.2, 0) is 11.3 Å². The molecular formula is C19H22N4O4S2. The lowest BCUT2D eigenvalue weighted by molar-refractivity contribution is -0.122. The fourth-order valence-corrected chi connectivity index (χ4v) is 4.33. The van der Waals surface area contributed by atoms with Crippen LogP contribution >= 0.6 is 23.1 Å². The van der Waals surface area contributed by atoms with Gasteiger partial charge in [0.2, 0.25) is 5.91 Å². The highest BCUT2D eigenvalue weighted by Crippen LogP contribution is 2.26. The molecule has 0 radical (unpaired) electrons. The first kappa shape index (κ1) is 21.1. The van der Waals surface area contributed by atoms with Gasteiger partial charge in [0.25, 0.3) is 5.56 Å². The van der Waals surface area contributed by atoms with E-state index in [2.05, 4.69) is 10.3 Å². The molecule has 154 valence electrons. The molecule has 1 N–H and O–H groups in total. The van der Waals surface area contributed by atoms with Crippen molar-refractivity contribution in [2.45, 2.75) is 37.2 Å². The van der Waals surface area contributed by atoms with Crippen molar-refractivity contribution in [3.8, 4) is 11.4 Å². The summed E-state index contributed by atoms with van der Waals surface area (Å²) in [6.07, 6.45) is 2.61. The van der Waals surface area contributed by atoms with E-state index in [0.29, 0.717) is 20.5 Å². The van der Waals surface area contributed by atoms with E-state index in [0.717, 1.165) is 11.0 Å². The standard InChI is InChI=1S/C19H22N4O4S2/c1-5-11(2)20-14(24)10-22-16-15(29-18(21-16)28-4)17(25)23(19(22)26)12-8-6-7-9-13(12)27-3/h6-9,11H,5,10H2,1-4H3,(H,20,24)/t11-/m0/s1. The topological polar surface area (TPSA) is 95.2 Å². The van der Waals surface area contributed by atoms with Gasteiger partial charge in [0.05, 0.1) is 12.8 Å². The number of nitrogens with zero attached hydrogens (tertiary/aromatic N) is 3. The van der Waals surface area contributed by atoms with Gasteiger partial charge in [-0.2, -0.15) is 0 Å². The number of ether oxygens (including phenoxy) is 1. The third-order valence-corrected chi connectivity index (χ3v) is 6.50. The Kier molecular flexibility index (Phi) is 6.43. The Bertz CT molecular complexity index is 1170. The summed E-state index contributed by atoms with van der Waals surface area (Å²) in [5.74, 6) is 0.0722. The van der Waals surface area contributed by atoms with E-state index in [9.17, 15) is 14.4 Å². The molecule has 2 heterocycles. The smallest absolute Gasteiger partial charge is 0.337 e. The lowest BCUT2D eigenvalue weighted by atomic mass is 10.2. The van der Waals surface area contributed by atoms with Crippen molar-refractivity contribution in [1.29, 1.82) is 0 Å². The molecule has 0 unspecified atom stereocenters. The Hall–Kier alpha value is -2.59. The summed E-state index contributed by atoms with van der Waals surface area (Å²) in [7, 11) is 1.47. The molecule has 0 spiro atoms. The predicted octanol–water partition coefficient (Wildman–Crippen LogP) is 2.25. The molecule has 1 amide bonds. The number of aromatic nitrogens is 3. The number of carbonyl (C=O) groups is 1. The quantitative estimate of drug-likeness (QED) is 0.573. The van der Waals surface area contributed by atoms with E-state index in [-0.39, 0.29) is 24.1 Å². The zero-order chi connectivity index (χ0) is 21.1. The summed E-state index contributed by atoms with van der Waals surface area (Å²) in [4.78, 5) is 43.4. The number of methoxy groups -OCH3 is 1. The van der Waals surface area contributed by atoms with Gasteiger partial charge in [-0.15, -0.1) is 11.3 Å². The zero-order valence-electron chi connectivity index (χ0n) is 16.6. The second-order valence-electron chi connectivity index (χ2n) is 6.39. The number of nitrogens with one attached hydrogen (secondary N) is 1. The molecule has 10 heteroatoms. The van der Waals surface area contributed by atoms with Crippen molar-refractivity contribution >= 4 is 39.4 Å². The number of thioether (sulfide) groups is 1. The number of thiazole rings is 1. The maximum absolute atomic E-state index is 13.3. The number of carbonyl (C=O) groups excluding carboxylic acids is 1. The number of fused-ring (bicyclic) bond motifs is 1. The van der Waals surface area contributed by atoms with Gasteiger partial charge in [-0.3, -0.25) is 14.2 Å². The van der Waals surface area contributed by atoms with Gasteiger partial charge in [-0.1, -0.05) is 30.8 Å². The van der Waals surface area contributed by atoms with Crippen LogP contribution in [0.3, 0.4) is 0 Å². The van der Waals surface area contributed by atoms with Crippen LogP contribution in [0.5, 0.6) is 5.75 Å². The molecule has 0 aliphatic heterocycles. The highest BCUT2D eigenvalue weighted by Gasteiger charge is 2.22. The molecule has 0 bridgehead atoms. The van der Waals surface area contributed by atoms with Crippen molar-refractivity contribution in [3.63, 3.8) is 0 Å². The van der Waals surface area contributed by atoms with Crippen LogP contribution < -0.4 is 21.3 Å². The van der Waals surface area contributed by atoms with Crippen molar-refractivity contribution < 1.29 is 9.53 Å². The largest absolute Gasteiger partial charge is 0.495 e. The average molecular weight is 435 g/mol. The number of para-hydroxylation sites is 2. The van der Waals surface area contributed by atoms with E-state index in [1.165, 1.54) is 34.8 Å². The number of hydrogen-bond acceptors (Lipinski definition) is 7. The minimum absolute atomic E-state index is 0.0222. The monoisotopic (exact) mass is 434 g/mol. The molecule has 0 aliphatic rings. The van der Waals surface area contributed by atoms with Gasteiger partial charge in [0.15, 0.2) is 9.99 Å². The third kappa shape index (κ3) is 4.08. The number of hydrogen-bond donors (Lipinski definition) is 1. The Morgan fingerprint density at radius 3 is 2.72 bits per heavy atom. The molecule has 3 rings (SSSR count). The van der Waals surface area contributed by atoms with Crippen LogP contribution in [0.4, 0.5) is 0 Å². The van der Waals surface area contributed by atoms with E-state index >= 15 is 0 Å². The molecular weight excluding hydrogens is 412 g/mol. The van der Waals surface area contributed by atoms with Gasteiger partial charge in [0.1, 0.15) is 17.0 Å². The van der Waals surface area contributed by atoms with Crippen molar-refractivity contribution in [2.75, 3.05) is 13.4 Å². The molecule has 2 aromatic heterocycles. The fourth-order valence-electron chi connectivity index (χ4n) is 2.84. The van der Waals surface area contributed by atoms with Gasteiger partial charge in [-0.05, 0) is 31.7 Å². The van der Waals surface area contributed by atoms with E-state index in [1.54, 1.807) is 24.3 Å². The minimum Gasteiger partial charge on any atom is -0.495 e. The molecule has 1 atom stereocenters. The maximum atomic E-state index is 13.3. The van der Waals surface area contributed by atoms with Gasteiger partial charge in [0, 0.05) is 6.04 Å². The normalized spacial score (nSPS) is 12.1. The molecule has 29 heavy (non-hydrogen) atoms. The summed E-state index contributed by atoms with van der Waals surface area (Å²) >= 11 is 2.58. The first-order valence-corrected chi connectivity index (χ1v) is 11.1. The first-order chi connectivity index (χ1) is 13.9. The van der Waals surface area contributed by atoms with Gasteiger partial charge >= 0.3 is 5.69 Å². The highest BCUT2D eigenvalue weighted by atomic mass is 32.2. The Labute approximate surface area is 175 Å². The average Bonchev–Trinajstić information content (AvgIpc) is 3.16. The Morgan fingerprint density at radius 2 is 2.07 bits per heavy atom. The number of amides is 1. The van der Waals surface area contributed by atoms with Crippen LogP contribution in [-0.4, -0.2) is 39.4 Å². The molecule has 1 aromatic carbocycles. The van der Waals surface area contributed by atoms with E-state index < -0.39 is 11.2 Å². The lowest BCUT2D eigenvalue weighted by Gasteiger charge is -2.15. The van der Waals surface area contributed by atoms with E-state index in [4.69, 9.17) is 4.74 Å². The Morgan fingerprint density at radius 1 is 1.34 bits per heavy atom. The van der Waals surface area contributed by atoms with Crippen molar-refractivity contribution in [3.05, 3.63) is 45.1 Å². The first-order valence-electron chi connectivity index (χ1n) is 9.04. The van der Waals surface area contributed by atoms with Gasteiger partial charge < -0.3 is 10.1 Å². The summed E-state index contributed by atoms with van der Waals surface area (Å²) in [5.41, 5.74) is -0.572. The molecule has 8 nitrogen and oxygen atoms in total. The van der Waals surface area contributed by atoms with Gasteiger partial charge in [-0.25, -0.2) is 14.3 Å². The minimum atomic E-state index is -0.635. The zero-order valence-corrected chi connectivity index (χ0v) is 18.2. The molecule has 0 saturated carbocycles. The summed E-state index contributed by atoms with van der Waals surface area (Å²) in [6.45, 7) is 3.62. The summed E-state index contributed by atoms with van der Waals surface area (Å²) < 4.78 is 8.58. The molecule has 3 aromatic rings. The van der Waals surface area contributed by atoms with Crippen molar-refractivity contribution in [1.82, 2.24) is 19.4 Å². The second kappa shape index (κ2) is 8.83. The SMILES string of the molecule is CC[C@H](C)NC(=O)Cn1c(=O)n(-c2ccccc2OC)c(=O)c2sc(SC)nc21. The maximum Gasteiger partial charge on any atom is 0.337 e. The summed E-state index contributed by atoms with van der Waals surface area (Å²) in [5, 5.41) is 2.85. The van der Waals surface area contributed by atoms with Crippen LogP contribution in [0, 0.1) is 0 Å². The Balaban J connectivity index is 2.27. The molecule has 0 saturated heterocycles. The molecule has 0 aliphatic carbocycles. The van der Waals surface area contributed by atoms with Crippen LogP contribution in [0.15, 0.2) is 38.2 Å². The molecule has 0 fully saturated rings. The van der Waals surface area contributed by atoms with E-state index in [1.807, 2.05) is 20.1 Å².